The van der Waals surface area contributed by atoms with Gasteiger partial charge in [0, 0.05) is 12.1 Å². The maximum absolute atomic E-state index is 13.3. The summed E-state index contributed by atoms with van der Waals surface area (Å²) < 4.78 is 30.5. The third-order valence-electron chi connectivity index (χ3n) is 3.72. The van der Waals surface area contributed by atoms with Gasteiger partial charge in [-0.05, 0) is 32.8 Å². The molecule has 3 rings (SSSR count). The van der Waals surface area contributed by atoms with E-state index >= 15 is 0 Å². The monoisotopic (exact) mass is 297 g/mol. The first-order chi connectivity index (χ1) is 9.85. The van der Waals surface area contributed by atoms with E-state index in [9.17, 15) is 14.5 Å². The predicted molar refractivity (Wildman–Crippen MR) is 70.5 cm³/mol. The zero-order valence-corrected chi connectivity index (χ0v) is 11.7. The Morgan fingerprint density at radius 3 is 2.86 bits per heavy atom. The topological polar surface area (TPSA) is 70.8 Å². The molecule has 114 valence electrons. The second-order valence-corrected chi connectivity index (χ2v) is 5.74. The molecule has 3 atom stereocenters. The molecule has 21 heavy (non-hydrogen) atoms. The van der Waals surface area contributed by atoms with Gasteiger partial charge in [-0.3, -0.25) is 10.1 Å². The summed E-state index contributed by atoms with van der Waals surface area (Å²) in [5.41, 5.74) is -0.252. The van der Waals surface area contributed by atoms with Gasteiger partial charge in [0.1, 0.15) is 18.0 Å². The number of nitrogens with zero attached hydrogens (tertiary/aromatic N) is 1. The van der Waals surface area contributed by atoms with E-state index in [1.807, 2.05) is 13.8 Å². The van der Waals surface area contributed by atoms with Gasteiger partial charge < -0.3 is 14.2 Å². The Hall–Kier alpha value is -1.73. The Morgan fingerprint density at radius 2 is 2.14 bits per heavy atom. The molecule has 2 fully saturated rings. The molecule has 0 spiro atoms. The van der Waals surface area contributed by atoms with Crippen molar-refractivity contribution in [1.29, 1.82) is 0 Å². The summed E-state index contributed by atoms with van der Waals surface area (Å²) in [6.45, 7) is 3.63. The molecule has 0 bridgehead atoms. The standard InChI is InChI=1S/C14H16FNO5/c1-14(2)20-11-6-5-10(13(11)21-14)19-12-7-8(15)3-4-9(12)16(17)18/h3-4,7,10-11,13H,5-6H2,1-2H3/t10-,11-,13+/m1/s1. The van der Waals surface area contributed by atoms with Crippen molar-refractivity contribution < 1.29 is 23.5 Å². The highest BCUT2D eigenvalue weighted by Crippen LogP contribution is 2.41. The summed E-state index contributed by atoms with van der Waals surface area (Å²) in [5, 5.41) is 11.0. The van der Waals surface area contributed by atoms with Crippen molar-refractivity contribution in [2.24, 2.45) is 0 Å². The van der Waals surface area contributed by atoms with Gasteiger partial charge in [0.15, 0.2) is 11.5 Å². The molecule has 6 nitrogen and oxygen atoms in total. The van der Waals surface area contributed by atoms with E-state index in [1.54, 1.807) is 0 Å². The average Bonchev–Trinajstić information content (AvgIpc) is 2.86. The second-order valence-electron chi connectivity index (χ2n) is 5.74. The fourth-order valence-corrected chi connectivity index (χ4v) is 2.92. The van der Waals surface area contributed by atoms with E-state index < -0.39 is 16.5 Å². The SMILES string of the molecule is CC1(C)O[C@H]2[C@H](Oc3cc(F)ccc3[N+](=O)[O-])CC[C@H]2O1. The van der Waals surface area contributed by atoms with Crippen LogP contribution < -0.4 is 4.74 Å². The van der Waals surface area contributed by atoms with Crippen LogP contribution in [0.5, 0.6) is 5.75 Å². The minimum absolute atomic E-state index is 0.0704. The van der Waals surface area contributed by atoms with Gasteiger partial charge in [-0.15, -0.1) is 0 Å². The lowest BCUT2D eigenvalue weighted by Crippen LogP contribution is -2.33. The molecular weight excluding hydrogens is 281 g/mol. The fourth-order valence-electron chi connectivity index (χ4n) is 2.92. The molecule has 0 N–H and O–H groups in total. The molecule has 0 amide bonds. The number of nitro groups is 1. The van der Waals surface area contributed by atoms with Crippen LogP contribution in [0.1, 0.15) is 26.7 Å². The molecule has 1 saturated heterocycles. The van der Waals surface area contributed by atoms with E-state index in [2.05, 4.69) is 0 Å². The van der Waals surface area contributed by atoms with Crippen LogP contribution in [-0.4, -0.2) is 29.0 Å². The number of halogens is 1. The van der Waals surface area contributed by atoms with Crippen LogP contribution in [0.2, 0.25) is 0 Å². The van der Waals surface area contributed by atoms with Crippen molar-refractivity contribution in [2.75, 3.05) is 0 Å². The lowest BCUT2D eigenvalue weighted by molar-refractivity contribution is -0.386. The van der Waals surface area contributed by atoms with Crippen molar-refractivity contribution in [3.63, 3.8) is 0 Å². The summed E-state index contributed by atoms with van der Waals surface area (Å²) in [4.78, 5) is 10.4. The lowest BCUT2D eigenvalue weighted by atomic mass is 10.2. The normalized spacial score (nSPS) is 30.1. The fraction of sp³-hybridized carbons (Fsp3) is 0.571. The van der Waals surface area contributed by atoms with Gasteiger partial charge in [0.2, 0.25) is 0 Å². The highest BCUT2D eigenvalue weighted by molar-refractivity contribution is 5.46. The summed E-state index contributed by atoms with van der Waals surface area (Å²) in [7, 11) is 0. The Kier molecular flexibility index (Phi) is 3.33. The smallest absolute Gasteiger partial charge is 0.311 e. The quantitative estimate of drug-likeness (QED) is 0.633. The van der Waals surface area contributed by atoms with Crippen molar-refractivity contribution in [2.45, 2.75) is 50.8 Å². The molecule has 1 heterocycles. The van der Waals surface area contributed by atoms with Gasteiger partial charge in [-0.25, -0.2) is 4.39 Å². The van der Waals surface area contributed by atoms with E-state index in [0.717, 1.165) is 24.6 Å². The van der Waals surface area contributed by atoms with Gasteiger partial charge in [0.05, 0.1) is 11.0 Å². The number of ether oxygens (including phenoxy) is 3. The molecule has 1 aromatic carbocycles. The average molecular weight is 297 g/mol. The van der Waals surface area contributed by atoms with Crippen molar-refractivity contribution in [3.8, 4) is 5.75 Å². The first kappa shape index (κ1) is 14.2. The van der Waals surface area contributed by atoms with Gasteiger partial charge in [0.25, 0.3) is 0 Å². The van der Waals surface area contributed by atoms with E-state index in [1.165, 1.54) is 0 Å². The highest BCUT2D eigenvalue weighted by atomic mass is 19.1. The maximum Gasteiger partial charge on any atom is 0.311 e. The second kappa shape index (κ2) is 4.92. The van der Waals surface area contributed by atoms with Crippen LogP contribution in [0.25, 0.3) is 0 Å². The van der Waals surface area contributed by atoms with Crippen molar-refractivity contribution in [3.05, 3.63) is 34.1 Å². The summed E-state index contributed by atoms with van der Waals surface area (Å²) in [6, 6.07) is 3.18. The molecule has 1 aliphatic heterocycles. The van der Waals surface area contributed by atoms with E-state index in [-0.39, 0.29) is 29.7 Å². The first-order valence-electron chi connectivity index (χ1n) is 6.82. The molecule has 0 radical (unpaired) electrons. The molecule has 1 aromatic rings. The first-order valence-corrected chi connectivity index (χ1v) is 6.82. The van der Waals surface area contributed by atoms with E-state index in [4.69, 9.17) is 14.2 Å². The molecule has 2 aliphatic rings. The van der Waals surface area contributed by atoms with Crippen molar-refractivity contribution >= 4 is 5.69 Å². The van der Waals surface area contributed by atoms with Crippen LogP contribution in [0.4, 0.5) is 10.1 Å². The number of nitro benzene ring substituents is 1. The molecule has 7 heteroatoms. The zero-order valence-electron chi connectivity index (χ0n) is 11.7. The molecule has 0 aromatic heterocycles. The Labute approximate surface area is 120 Å². The molecule has 1 aliphatic carbocycles. The Bertz CT molecular complexity index is 576. The van der Waals surface area contributed by atoms with Crippen molar-refractivity contribution in [1.82, 2.24) is 0 Å². The zero-order chi connectivity index (χ0) is 15.2. The summed E-state index contributed by atoms with van der Waals surface area (Å²) in [6.07, 6.45) is 0.652. The summed E-state index contributed by atoms with van der Waals surface area (Å²) >= 11 is 0. The minimum Gasteiger partial charge on any atom is -0.481 e. The number of hydrogen-bond donors (Lipinski definition) is 0. The highest BCUT2D eigenvalue weighted by Gasteiger charge is 2.50. The van der Waals surface area contributed by atoms with Crippen LogP contribution in [0.3, 0.4) is 0 Å². The largest absolute Gasteiger partial charge is 0.481 e. The van der Waals surface area contributed by atoms with Crippen LogP contribution >= 0.6 is 0 Å². The van der Waals surface area contributed by atoms with Gasteiger partial charge >= 0.3 is 5.69 Å². The van der Waals surface area contributed by atoms with Gasteiger partial charge in [-0.1, -0.05) is 0 Å². The third-order valence-corrected chi connectivity index (χ3v) is 3.72. The lowest BCUT2D eigenvalue weighted by Gasteiger charge is -2.22. The predicted octanol–water partition coefficient (Wildman–Crippen LogP) is 2.80. The van der Waals surface area contributed by atoms with Crippen LogP contribution in [-0.2, 0) is 9.47 Å². The number of fused-ring (bicyclic) bond motifs is 1. The maximum atomic E-state index is 13.3. The molecule has 0 unspecified atom stereocenters. The Balaban J connectivity index is 1.81. The third kappa shape index (κ3) is 2.71. The van der Waals surface area contributed by atoms with E-state index in [0.29, 0.717) is 6.42 Å². The minimum atomic E-state index is -0.689. The van der Waals surface area contributed by atoms with Crippen LogP contribution in [0.15, 0.2) is 18.2 Å². The Morgan fingerprint density at radius 1 is 1.38 bits per heavy atom. The number of rotatable bonds is 3. The number of hydrogen-bond acceptors (Lipinski definition) is 5. The molecular formula is C14H16FNO5. The van der Waals surface area contributed by atoms with Gasteiger partial charge in [-0.2, -0.15) is 0 Å². The molecule has 1 saturated carbocycles. The summed E-state index contributed by atoms with van der Waals surface area (Å²) in [5.74, 6) is -1.33. The van der Waals surface area contributed by atoms with Crippen LogP contribution in [0, 0.1) is 15.9 Å². The number of benzene rings is 1.